The highest BCUT2D eigenvalue weighted by molar-refractivity contribution is 9.10. The molecule has 0 fully saturated rings. The van der Waals surface area contributed by atoms with Crippen molar-refractivity contribution in [1.82, 2.24) is 0 Å². The number of hydrogen-bond donors (Lipinski definition) is 0. The van der Waals surface area contributed by atoms with Gasteiger partial charge >= 0.3 is 5.97 Å². The summed E-state index contributed by atoms with van der Waals surface area (Å²) in [5, 5.41) is 8.80. The Hall–Kier alpha value is -2.30. The molecule has 0 aromatic heterocycles. The quantitative estimate of drug-likeness (QED) is 0.445. The van der Waals surface area contributed by atoms with Crippen LogP contribution in [0.5, 0.6) is 0 Å². The molecule has 1 amide bonds. The molecule has 0 aliphatic rings. The number of ether oxygens (including phenoxy) is 1. The van der Waals surface area contributed by atoms with Crippen LogP contribution in [-0.2, 0) is 14.3 Å². The summed E-state index contributed by atoms with van der Waals surface area (Å²) in [6, 6.07) is 16.9. The molecule has 0 aliphatic carbocycles. The summed E-state index contributed by atoms with van der Waals surface area (Å²) < 4.78 is 6.11. The van der Waals surface area contributed by atoms with Crippen LogP contribution in [0.15, 0.2) is 57.9 Å². The number of hydrogen-bond acceptors (Lipinski definition) is 5. The number of esters is 1. The molecule has 0 heterocycles. The Morgan fingerprint density at radius 3 is 2.63 bits per heavy atom. The molecule has 140 valence electrons. The smallest absolute Gasteiger partial charge is 0.316 e. The third-order valence-corrected chi connectivity index (χ3v) is 5.30. The molecule has 2 aromatic rings. The Balaban J connectivity index is 1.88. The first-order valence-corrected chi connectivity index (χ1v) is 10.1. The zero-order valence-electron chi connectivity index (χ0n) is 14.9. The van der Waals surface area contributed by atoms with Crippen LogP contribution in [0.4, 0.5) is 5.69 Å². The van der Waals surface area contributed by atoms with Crippen molar-refractivity contribution in [2.75, 3.05) is 23.8 Å². The van der Waals surface area contributed by atoms with Crippen LogP contribution in [0.3, 0.4) is 0 Å². The number of nitriles is 1. The Kier molecular flexibility index (Phi) is 8.37. The number of anilines is 1. The maximum Gasteiger partial charge on any atom is 0.316 e. The van der Waals surface area contributed by atoms with Gasteiger partial charge in [-0.2, -0.15) is 5.26 Å². The van der Waals surface area contributed by atoms with E-state index in [2.05, 4.69) is 15.9 Å². The van der Waals surface area contributed by atoms with Gasteiger partial charge in [-0.15, -0.1) is 11.8 Å². The van der Waals surface area contributed by atoms with Crippen LogP contribution in [0.1, 0.15) is 12.0 Å². The molecule has 0 saturated heterocycles. The van der Waals surface area contributed by atoms with E-state index in [1.807, 2.05) is 49.4 Å². The number of carbonyl (C=O) groups is 2. The van der Waals surface area contributed by atoms with Gasteiger partial charge in [-0.1, -0.05) is 34.1 Å². The van der Waals surface area contributed by atoms with Gasteiger partial charge in [0, 0.05) is 21.6 Å². The molecule has 0 atom stereocenters. The monoisotopic (exact) mass is 446 g/mol. The van der Waals surface area contributed by atoms with Gasteiger partial charge in [0.25, 0.3) is 5.91 Å². The fourth-order valence-corrected chi connectivity index (χ4v) is 3.62. The molecule has 2 rings (SSSR count). The van der Waals surface area contributed by atoms with Crippen molar-refractivity contribution in [1.29, 1.82) is 5.26 Å². The topological polar surface area (TPSA) is 70.4 Å². The Morgan fingerprint density at radius 1 is 1.22 bits per heavy atom. The van der Waals surface area contributed by atoms with Crippen LogP contribution in [0, 0.1) is 18.3 Å². The number of rotatable bonds is 8. The van der Waals surface area contributed by atoms with Crippen molar-refractivity contribution < 1.29 is 14.3 Å². The van der Waals surface area contributed by atoms with Gasteiger partial charge < -0.3 is 9.64 Å². The van der Waals surface area contributed by atoms with E-state index >= 15 is 0 Å². The highest BCUT2D eigenvalue weighted by Crippen LogP contribution is 2.25. The number of benzene rings is 2. The lowest BCUT2D eigenvalue weighted by Crippen LogP contribution is -2.35. The van der Waals surface area contributed by atoms with Gasteiger partial charge in [0.2, 0.25) is 0 Å². The molecule has 2 aromatic carbocycles. The number of halogens is 1. The number of nitrogens with zero attached hydrogens (tertiary/aromatic N) is 2. The summed E-state index contributed by atoms with van der Waals surface area (Å²) in [6.45, 7) is 1.87. The molecule has 0 spiro atoms. The summed E-state index contributed by atoms with van der Waals surface area (Å²) in [4.78, 5) is 26.9. The lowest BCUT2D eigenvalue weighted by Gasteiger charge is -2.21. The fraction of sp³-hybridized carbons (Fsp3) is 0.250. The number of carbonyl (C=O) groups excluding carboxylic acids is 2. The highest BCUT2D eigenvalue weighted by Gasteiger charge is 2.17. The van der Waals surface area contributed by atoms with Gasteiger partial charge in [0.1, 0.15) is 0 Å². The van der Waals surface area contributed by atoms with Gasteiger partial charge in [0.05, 0.1) is 18.2 Å². The lowest BCUT2D eigenvalue weighted by molar-refractivity contribution is -0.145. The molecule has 7 heteroatoms. The lowest BCUT2D eigenvalue weighted by atomic mass is 10.2. The third kappa shape index (κ3) is 6.74. The maximum atomic E-state index is 12.4. The zero-order valence-corrected chi connectivity index (χ0v) is 17.3. The Bertz CT molecular complexity index is 837. The van der Waals surface area contributed by atoms with Gasteiger partial charge in [-0.25, -0.2) is 0 Å². The molecule has 0 N–H and O–H groups in total. The van der Waals surface area contributed by atoms with Crippen LogP contribution < -0.4 is 4.90 Å². The van der Waals surface area contributed by atoms with Crippen molar-refractivity contribution in [2.24, 2.45) is 0 Å². The summed E-state index contributed by atoms with van der Waals surface area (Å²) >= 11 is 4.78. The summed E-state index contributed by atoms with van der Waals surface area (Å²) in [5.41, 5.74) is 1.73. The molecule has 0 unspecified atom stereocenters. The normalized spacial score (nSPS) is 10.1. The van der Waals surface area contributed by atoms with Crippen molar-refractivity contribution in [3.05, 3.63) is 58.6 Å². The van der Waals surface area contributed by atoms with Crippen molar-refractivity contribution >= 4 is 45.3 Å². The van der Waals surface area contributed by atoms with E-state index in [4.69, 9.17) is 10.00 Å². The van der Waals surface area contributed by atoms with Crippen molar-refractivity contribution in [3.8, 4) is 6.07 Å². The van der Waals surface area contributed by atoms with E-state index < -0.39 is 5.97 Å². The molecule has 27 heavy (non-hydrogen) atoms. The largest absolute Gasteiger partial charge is 0.455 e. The third-order valence-electron chi connectivity index (χ3n) is 3.66. The highest BCUT2D eigenvalue weighted by atomic mass is 79.9. The molecule has 0 radical (unpaired) electrons. The number of para-hydroxylation sites is 1. The first kappa shape index (κ1) is 21.0. The standard InChI is InChI=1S/C20H19BrN2O3S/c1-15-12-16(21)8-9-18(15)27-14-20(25)26-13-19(24)23(11-5-10-22)17-6-3-2-4-7-17/h2-4,6-9,12H,5,11,13-14H2,1H3. The summed E-state index contributed by atoms with van der Waals surface area (Å²) in [7, 11) is 0. The van der Waals surface area contributed by atoms with E-state index in [0.717, 1.165) is 14.9 Å². The second kappa shape index (κ2) is 10.8. The molecule has 0 bridgehead atoms. The minimum atomic E-state index is -0.455. The maximum absolute atomic E-state index is 12.4. The van der Waals surface area contributed by atoms with Gasteiger partial charge in [0.15, 0.2) is 6.61 Å². The number of aryl methyl sites for hydroxylation is 1. The average Bonchev–Trinajstić information content (AvgIpc) is 2.67. The number of thioether (sulfide) groups is 1. The minimum absolute atomic E-state index is 0.124. The zero-order chi connectivity index (χ0) is 19.6. The molecule has 0 aliphatic heterocycles. The van der Waals surface area contributed by atoms with Crippen molar-refractivity contribution in [3.63, 3.8) is 0 Å². The van der Waals surface area contributed by atoms with Gasteiger partial charge in [-0.3, -0.25) is 9.59 Å². The summed E-state index contributed by atoms with van der Waals surface area (Å²) in [5.74, 6) is -0.683. The van der Waals surface area contributed by atoms with Gasteiger partial charge in [-0.05, 0) is 42.8 Å². The molecule has 0 saturated carbocycles. The number of amides is 1. The molecular formula is C20H19BrN2O3S. The molecule has 5 nitrogen and oxygen atoms in total. The van der Waals surface area contributed by atoms with E-state index in [1.165, 1.54) is 16.7 Å². The predicted octanol–water partition coefficient (Wildman–Crippen LogP) is 4.34. The first-order valence-electron chi connectivity index (χ1n) is 8.28. The fourth-order valence-electron chi connectivity index (χ4n) is 2.34. The second-order valence-electron chi connectivity index (χ2n) is 5.65. The van der Waals surface area contributed by atoms with E-state index in [0.29, 0.717) is 5.69 Å². The second-order valence-corrected chi connectivity index (χ2v) is 7.58. The van der Waals surface area contributed by atoms with Crippen LogP contribution in [0.25, 0.3) is 0 Å². The SMILES string of the molecule is Cc1cc(Br)ccc1SCC(=O)OCC(=O)N(CCC#N)c1ccccc1. The van der Waals surface area contributed by atoms with E-state index in [1.54, 1.807) is 12.1 Å². The molecular weight excluding hydrogens is 428 g/mol. The predicted molar refractivity (Wildman–Crippen MR) is 110 cm³/mol. The van der Waals surface area contributed by atoms with Crippen LogP contribution >= 0.6 is 27.7 Å². The summed E-state index contributed by atoms with van der Waals surface area (Å²) in [6.07, 6.45) is 0.202. The first-order chi connectivity index (χ1) is 13.0. The average molecular weight is 447 g/mol. The van der Waals surface area contributed by atoms with E-state index in [9.17, 15) is 9.59 Å². The van der Waals surface area contributed by atoms with Crippen LogP contribution in [-0.4, -0.2) is 30.8 Å². The van der Waals surface area contributed by atoms with Crippen molar-refractivity contribution in [2.45, 2.75) is 18.2 Å². The van der Waals surface area contributed by atoms with E-state index in [-0.39, 0.29) is 31.2 Å². The Morgan fingerprint density at radius 2 is 1.96 bits per heavy atom. The Labute approximate surface area is 171 Å². The van der Waals surface area contributed by atoms with Crippen LogP contribution in [0.2, 0.25) is 0 Å². The minimum Gasteiger partial charge on any atom is -0.455 e.